The molecule has 0 bridgehead atoms. The molecule has 0 radical (unpaired) electrons. The third-order valence-electron chi connectivity index (χ3n) is 3.19. The summed E-state index contributed by atoms with van der Waals surface area (Å²) < 4.78 is 0. The number of aromatic nitrogens is 2. The minimum Gasteiger partial charge on any atom is -0.478 e. The predicted octanol–water partition coefficient (Wildman–Crippen LogP) is 4.16. The minimum absolute atomic E-state index is 0.209. The standard InChI is InChI=1S/C15H10Cl2N2O2/c16-11-2-1-8(6-12(11)17)5-9-7-13-14(19-9)10(15(20)21)3-4-18-13/h1-4,6-7,19H,5H2,(H,20,21). The molecule has 3 aromatic rings. The van der Waals surface area contributed by atoms with E-state index >= 15 is 0 Å². The van der Waals surface area contributed by atoms with E-state index in [1.54, 1.807) is 12.1 Å². The number of nitrogens with zero attached hydrogens (tertiary/aromatic N) is 1. The number of H-pyrrole nitrogens is 1. The number of hydrogen-bond acceptors (Lipinski definition) is 2. The summed E-state index contributed by atoms with van der Waals surface area (Å²) in [6.07, 6.45) is 2.08. The van der Waals surface area contributed by atoms with E-state index in [0.29, 0.717) is 27.5 Å². The number of fused-ring (bicyclic) bond motifs is 1. The van der Waals surface area contributed by atoms with Gasteiger partial charge < -0.3 is 10.1 Å². The summed E-state index contributed by atoms with van der Waals surface area (Å²) in [5.41, 5.74) is 3.21. The first-order valence-corrected chi connectivity index (χ1v) is 6.94. The Labute approximate surface area is 130 Å². The Hall–Kier alpha value is -2.04. The Morgan fingerprint density at radius 1 is 1.19 bits per heavy atom. The molecular formula is C15H10Cl2N2O2. The van der Waals surface area contributed by atoms with Gasteiger partial charge in [0.05, 0.1) is 26.6 Å². The first-order chi connectivity index (χ1) is 10.0. The van der Waals surface area contributed by atoms with Crippen LogP contribution in [0.2, 0.25) is 10.0 Å². The van der Waals surface area contributed by atoms with Gasteiger partial charge in [-0.15, -0.1) is 0 Å². The van der Waals surface area contributed by atoms with Crippen LogP contribution in [0.5, 0.6) is 0 Å². The van der Waals surface area contributed by atoms with Crippen LogP contribution in [0, 0.1) is 0 Å². The number of aromatic carboxylic acids is 1. The van der Waals surface area contributed by atoms with Crippen molar-refractivity contribution >= 4 is 40.2 Å². The maximum Gasteiger partial charge on any atom is 0.337 e. The number of halogens is 2. The number of aromatic amines is 1. The lowest BCUT2D eigenvalue weighted by Gasteiger charge is -2.01. The fourth-order valence-electron chi connectivity index (χ4n) is 2.22. The van der Waals surface area contributed by atoms with Crippen molar-refractivity contribution in [3.05, 3.63) is 63.4 Å². The predicted molar refractivity (Wildman–Crippen MR) is 82.3 cm³/mol. The lowest BCUT2D eigenvalue weighted by atomic mass is 10.1. The zero-order valence-electron chi connectivity index (χ0n) is 10.7. The van der Waals surface area contributed by atoms with Crippen LogP contribution in [0.3, 0.4) is 0 Å². The lowest BCUT2D eigenvalue weighted by Crippen LogP contribution is -1.97. The van der Waals surface area contributed by atoms with Gasteiger partial charge in [-0.2, -0.15) is 0 Å². The van der Waals surface area contributed by atoms with Gasteiger partial charge in [0.15, 0.2) is 0 Å². The first kappa shape index (κ1) is 13.9. The number of carbonyl (C=O) groups is 1. The van der Waals surface area contributed by atoms with Crippen molar-refractivity contribution in [2.24, 2.45) is 0 Å². The van der Waals surface area contributed by atoms with Crippen LogP contribution in [-0.2, 0) is 6.42 Å². The van der Waals surface area contributed by atoms with Crippen LogP contribution in [-0.4, -0.2) is 21.0 Å². The second-order valence-corrected chi connectivity index (χ2v) is 5.46. The van der Waals surface area contributed by atoms with E-state index in [0.717, 1.165) is 11.3 Å². The lowest BCUT2D eigenvalue weighted by molar-refractivity contribution is 0.0699. The van der Waals surface area contributed by atoms with E-state index in [9.17, 15) is 4.79 Å². The van der Waals surface area contributed by atoms with Crippen molar-refractivity contribution in [3.8, 4) is 0 Å². The molecule has 2 N–H and O–H groups in total. The SMILES string of the molecule is O=C(O)c1ccnc2cc(Cc3ccc(Cl)c(Cl)c3)[nH]c12. The van der Waals surface area contributed by atoms with Crippen LogP contribution >= 0.6 is 23.2 Å². The van der Waals surface area contributed by atoms with Crippen molar-refractivity contribution < 1.29 is 9.90 Å². The molecule has 2 heterocycles. The molecule has 3 rings (SSSR count). The van der Waals surface area contributed by atoms with Gasteiger partial charge in [0, 0.05) is 18.3 Å². The van der Waals surface area contributed by atoms with Crippen molar-refractivity contribution in [1.29, 1.82) is 0 Å². The van der Waals surface area contributed by atoms with E-state index in [4.69, 9.17) is 28.3 Å². The van der Waals surface area contributed by atoms with Crippen molar-refractivity contribution in [3.63, 3.8) is 0 Å². The molecule has 21 heavy (non-hydrogen) atoms. The van der Waals surface area contributed by atoms with Gasteiger partial charge in [0.2, 0.25) is 0 Å². The Kier molecular flexibility index (Phi) is 3.57. The molecule has 0 aliphatic heterocycles. The van der Waals surface area contributed by atoms with Gasteiger partial charge in [-0.1, -0.05) is 29.3 Å². The van der Waals surface area contributed by atoms with E-state index in [-0.39, 0.29) is 5.56 Å². The van der Waals surface area contributed by atoms with Gasteiger partial charge in [-0.05, 0) is 29.8 Å². The highest BCUT2D eigenvalue weighted by molar-refractivity contribution is 6.42. The average molecular weight is 321 g/mol. The van der Waals surface area contributed by atoms with Crippen molar-refractivity contribution in [2.75, 3.05) is 0 Å². The first-order valence-electron chi connectivity index (χ1n) is 6.18. The Morgan fingerprint density at radius 2 is 2.00 bits per heavy atom. The van der Waals surface area contributed by atoms with Gasteiger partial charge in [-0.3, -0.25) is 4.98 Å². The number of carboxylic acids is 1. The Balaban J connectivity index is 1.99. The highest BCUT2D eigenvalue weighted by Crippen LogP contribution is 2.25. The van der Waals surface area contributed by atoms with Gasteiger partial charge in [0.1, 0.15) is 0 Å². The van der Waals surface area contributed by atoms with Crippen molar-refractivity contribution in [1.82, 2.24) is 9.97 Å². The molecule has 0 unspecified atom stereocenters. The van der Waals surface area contributed by atoms with E-state index in [1.165, 1.54) is 12.3 Å². The zero-order chi connectivity index (χ0) is 15.0. The van der Waals surface area contributed by atoms with E-state index in [1.807, 2.05) is 12.1 Å². The molecule has 0 spiro atoms. The van der Waals surface area contributed by atoms with Crippen LogP contribution in [0.15, 0.2) is 36.5 Å². The van der Waals surface area contributed by atoms with Gasteiger partial charge >= 0.3 is 5.97 Å². The summed E-state index contributed by atoms with van der Waals surface area (Å²) in [5, 5.41) is 10.2. The number of benzene rings is 1. The maximum atomic E-state index is 11.2. The molecule has 0 aliphatic rings. The molecule has 0 saturated carbocycles. The molecule has 0 fully saturated rings. The summed E-state index contributed by atoms with van der Waals surface area (Å²) in [5.74, 6) is -0.981. The third-order valence-corrected chi connectivity index (χ3v) is 3.92. The molecular weight excluding hydrogens is 311 g/mol. The highest BCUT2D eigenvalue weighted by Gasteiger charge is 2.12. The zero-order valence-corrected chi connectivity index (χ0v) is 12.2. The van der Waals surface area contributed by atoms with Gasteiger partial charge in [-0.25, -0.2) is 4.79 Å². The minimum atomic E-state index is -0.981. The van der Waals surface area contributed by atoms with Gasteiger partial charge in [0.25, 0.3) is 0 Å². The summed E-state index contributed by atoms with van der Waals surface area (Å²) in [6.45, 7) is 0. The number of nitrogens with one attached hydrogen (secondary N) is 1. The number of pyridine rings is 1. The third kappa shape index (κ3) is 2.73. The molecule has 0 saturated heterocycles. The molecule has 106 valence electrons. The number of hydrogen-bond donors (Lipinski definition) is 2. The summed E-state index contributed by atoms with van der Waals surface area (Å²) in [7, 11) is 0. The smallest absolute Gasteiger partial charge is 0.337 e. The van der Waals surface area contributed by atoms with E-state index < -0.39 is 5.97 Å². The molecule has 1 aromatic carbocycles. The molecule has 0 aliphatic carbocycles. The molecule has 4 nitrogen and oxygen atoms in total. The topological polar surface area (TPSA) is 66.0 Å². The Bertz CT molecular complexity index is 843. The number of rotatable bonds is 3. The van der Waals surface area contributed by atoms with Crippen LogP contribution < -0.4 is 0 Å². The summed E-state index contributed by atoms with van der Waals surface area (Å²) >= 11 is 11.9. The monoisotopic (exact) mass is 320 g/mol. The molecule has 2 aromatic heterocycles. The normalized spacial score (nSPS) is 11.0. The van der Waals surface area contributed by atoms with Crippen LogP contribution in [0.1, 0.15) is 21.6 Å². The van der Waals surface area contributed by atoms with Crippen LogP contribution in [0.4, 0.5) is 0 Å². The maximum absolute atomic E-state index is 11.2. The molecule has 0 atom stereocenters. The largest absolute Gasteiger partial charge is 0.478 e. The Morgan fingerprint density at radius 3 is 2.71 bits per heavy atom. The quantitative estimate of drug-likeness (QED) is 0.761. The highest BCUT2D eigenvalue weighted by atomic mass is 35.5. The fraction of sp³-hybridized carbons (Fsp3) is 0.0667. The summed E-state index contributed by atoms with van der Waals surface area (Å²) in [4.78, 5) is 18.5. The fourth-order valence-corrected chi connectivity index (χ4v) is 2.54. The van der Waals surface area contributed by atoms with E-state index in [2.05, 4.69) is 9.97 Å². The summed E-state index contributed by atoms with van der Waals surface area (Å²) in [6, 6.07) is 8.73. The average Bonchev–Trinajstić information content (AvgIpc) is 2.84. The molecule has 6 heteroatoms. The second-order valence-electron chi connectivity index (χ2n) is 4.64. The molecule has 0 amide bonds. The number of carboxylic acid groups (broad SMARTS) is 1. The van der Waals surface area contributed by atoms with Crippen LogP contribution in [0.25, 0.3) is 11.0 Å². The van der Waals surface area contributed by atoms with Crippen molar-refractivity contribution in [2.45, 2.75) is 6.42 Å². The second kappa shape index (κ2) is 5.39.